The van der Waals surface area contributed by atoms with Crippen LogP contribution in [0.1, 0.15) is 24.3 Å². The Bertz CT molecular complexity index is 324. The highest BCUT2D eigenvalue weighted by atomic mass is 35.5. The summed E-state index contributed by atoms with van der Waals surface area (Å²) in [6, 6.07) is 3.87. The lowest BCUT2D eigenvalue weighted by atomic mass is 9.90. The summed E-state index contributed by atoms with van der Waals surface area (Å²) >= 11 is 0. The van der Waals surface area contributed by atoms with Gasteiger partial charge in [0.1, 0.15) is 11.6 Å². The molecule has 0 amide bonds. The molecule has 0 unspecified atom stereocenters. The molecule has 1 fully saturated rings. The first-order valence-electron chi connectivity index (χ1n) is 4.93. The second kappa shape index (κ2) is 5.42. The van der Waals surface area contributed by atoms with Crippen LogP contribution in [0.4, 0.5) is 8.78 Å². The molecule has 15 heavy (non-hydrogen) atoms. The molecule has 0 radical (unpaired) electrons. The van der Waals surface area contributed by atoms with Crippen LogP contribution in [0.5, 0.6) is 0 Å². The van der Waals surface area contributed by atoms with Crippen LogP contribution in [0.25, 0.3) is 0 Å². The molecule has 1 heterocycles. The third-order valence-electron chi connectivity index (χ3n) is 2.74. The fourth-order valence-electron chi connectivity index (χ4n) is 1.97. The Kier molecular flexibility index (Phi) is 4.48. The molecular formula is C11H14ClF2N. The van der Waals surface area contributed by atoms with Crippen LogP contribution in [-0.2, 0) is 0 Å². The van der Waals surface area contributed by atoms with E-state index in [1.165, 1.54) is 6.07 Å². The van der Waals surface area contributed by atoms with Gasteiger partial charge in [-0.05, 0) is 43.5 Å². The zero-order valence-electron chi connectivity index (χ0n) is 8.30. The third-order valence-corrected chi connectivity index (χ3v) is 2.74. The van der Waals surface area contributed by atoms with Gasteiger partial charge in [-0.15, -0.1) is 12.4 Å². The Morgan fingerprint density at radius 1 is 1.13 bits per heavy atom. The van der Waals surface area contributed by atoms with E-state index < -0.39 is 11.6 Å². The Morgan fingerprint density at radius 3 is 2.40 bits per heavy atom. The van der Waals surface area contributed by atoms with Crippen LogP contribution >= 0.6 is 12.4 Å². The lowest BCUT2D eigenvalue weighted by molar-refractivity contribution is 0.443. The number of benzene rings is 1. The van der Waals surface area contributed by atoms with E-state index in [4.69, 9.17) is 0 Å². The fourth-order valence-corrected chi connectivity index (χ4v) is 1.97. The minimum absolute atomic E-state index is 0. The van der Waals surface area contributed by atoms with Gasteiger partial charge in [0.05, 0.1) is 0 Å². The van der Waals surface area contributed by atoms with Gasteiger partial charge in [0, 0.05) is 6.07 Å². The van der Waals surface area contributed by atoms with E-state index in [0.29, 0.717) is 5.56 Å². The first-order valence-corrected chi connectivity index (χ1v) is 4.93. The predicted molar refractivity (Wildman–Crippen MR) is 58.5 cm³/mol. The Balaban J connectivity index is 0.00000112. The number of hydrogen-bond acceptors (Lipinski definition) is 1. The summed E-state index contributed by atoms with van der Waals surface area (Å²) in [7, 11) is 0. The van der Waals surface area contributed by atoms with E-state index in [9.17, 15) is 8.78 Å². The highest BCUT2D eigenvalue weighted by Crippen LogP contribution is 2.27. The monoisotopic (exact) mass is 233 g/mol. The van der Waals surface area contributed by atoms with Crippen molar-refractivity contribution in [2.75, 3.05) is 13.1 Å². The highest BCUT2D eigenvalue weighted by molar-refractivity contribution is 5.85. The summed E-state index contributed by atoms with van der Waals surface area (Å²) in [6.45, 7) is 1.84. The Morgan fingerprint density at radius 2 is 1.80 bits per heavy atom. The number of piperidine rings is 1. The van der Waals surface area contributed by atoms with Gasteiger partial charge in [-0.1, -0.05) is 6.07 Å². The van der Waals surface area contributed by atoms with E-state index >= 15 is 0 Å². The zero-order valence-corrected chi connectivity index (χ0v) is 9.12. The highest BCUT2D eigenvalue weighted by Gasteiger charge is 2.18. The van der Waals surface area contributed by atoms with Crippen LogP contribution in [0, 0.1) is 11.6 Å². The third kappa shape index (κ3) is 2.89. The first-order chi connectivity index (χ1) is 6.77. The summed E-state index contributed by atoms with van der Waals surface area (Å²) in [6.07, 6.45) is 1.87. The summed E-state index contributed by atoms with van der Waals surface area (Å²) in [5.74, 6) is -0.658. The lowest BCUT2D eigenvalue weighted by Gasteiger charge is -2.23. The number of nitrogens with one attached hydrogen (secondary N) is 1. The van der Waals surface area contributed by atoms with Crippen LogP contribution in [0.15, 0.2) is 18.2 Å². The van der Waals surface area contributed by atoms with Gasteiger partial charge in [-0.3, -0.25) is 0 Å². The summed E-state index contributed by atoms with van der Waals surface area (Å²) in [5.41, 5.74) is 0.660. The number of rotatable bonds is 1. The molecule has 0 atom stereocenters. The molecule has 2 rings (SSSR count). The second-order valence-electron chi connectivity index (χ2n) is 3.69. The molecule has 1 aliphatic rings. The van der Waals surface area contributed by atoms with E-state index in [0.717, 1.165) is 32.0 Å². The molecule has 1 aromatic carbocycles. The van der Waals surface area contributed by atoms with Crippen LogP contribution < -0.4 is 5.32 Å². The van der Waals surface area contributed by atoms with Crippen molar-refractivity contribution in [2.24, 2.45) is 0 Å². The molecule has 1 N–H and O–H groups in total. The standard InChI is InChI=1S/C11H13F2N.ClH/c12-9-1-2-10(11(13)7-9)8-3-5-14-6-4-8;/h1-2,7-8,14H,3-6H2;1H. The van der Waals surface area contributed by atoms with Crippen molar-refractivity contribution in [1.29, 1.82) is 0 Å². The molecule has 0 saturated carbocycles. The van der Waals surface area contributed by atoms with Crippen molar-refractivity contribution >= 4 is 12.4 Å². The minimum Gasteiger partial charge on any atom is -0.317 e. The van der Waals surface area contributed by atoms with E-state index in [1.54, 1.807) is 6.07 Å². The zero-order chi connectivity index (χ0) is 9.97. The molecule has 0 aromatic heterocycles. The van der Waals surface area contributed by atoms with E-state index in [1.807, 2.05) is 0 Å². The molecule has 1 nitrogen and oxygen atoms in total. The average Bonchev–Trinajstić information content (AvgIpc) is 2.19. The van der Waals surface area contributed by atoms with Crippen LogP contribution in [0.3, 0.4) is 0 Å². The van der Waals surface area contributed by atoms with Crippen molar-refractivity contribution in [3.63, 3.8) is 0 Å². The SMILES string of the molecule is Cl.Fc1ccc(C2CCNCC2)c(F)c1. The van der Waals surface area contributed by atoms with Gasteiger partial charge < -0.3 is 5.32 Å². The normalized spacial score (nSPS) is 17.2. The molecular weight excluding hydrogens is 220 g/mol. The average molecular weight is 234 g/mol. The van der Waals surface area contributed by atoms with E-state index in [2.05, 4.69) is 5.32 Å². The molecule has 84 valence electrons. The number of halogens is 3. The van der Waals surface area contributed by atoms with Crippen molar-refractivity contribution in [2.45, 2.75) is 18.8 Å². The lowest BCUT2D eigenvalue weighted by Crippen LogP contribution is -2.27. The first kappa shape index (κ1) is 12.4. The molecule has 1 aromatic rings. The van der Waals surface area contributed by atoms with Crippen LogP contribution in [-0.4, -0.2) is 13.1 Å². The largest absolute Gasteiger partial charge is 0.317 e. The number of hydrogen-bond donors (Lipinski definition) is 1. The van der Waals surface area contributed by atoms with Crippen molar-refractivity contribution in [1.82, 2.24) is 5.32 Å². The van der Waals surface area contributed by atoms with Gasteiger partial charge in [0.2, 0.25) is 0 Å². The van der Waals surface area contributed by atoms with Crippen molar-refractivity contribution in [3.8, 4) is 0 Å². The van der Waals surface area contributed by atoms with Crippen molar-refractivity contribution in [3.05, 3.63) is 35.4 Å². The smallest absolute Gasteiger partial charge is 0.129 e. The quantitative estimate of drug-likeness (QED) is 0.787. The van der Waals surface area contributed by atoms with Gasteiger partial charge in [-0.25, -0.2) is 8.78 Å². The van der Waals surface area contributed by atoms with E-state index in [-0.39, 0.29) is 18.3 Å². The fraction of sp³-hybridized carbons (Fsp3) is 0.455. The minimum atomic E-state index is -0.500. The summed E-state index contributed by atoms with van der Waals surface area (Å²) < 4.78 is 26.0. The summed E-state index contributed by atoms with van der Waals surface area (Å²) in [5, 5.41) is 3.22. The Hall–Kier alpha value is -0.670. The molecule has 0 aliphatic carbocycles. The molecule has 4 heteroatoms. The molecule has 1 saturated heterocycles. The Labute approximate surface area is 94.3 Å². The van der Waals surface area contributed by atoms with Gasteiger partial charge >= 0.3 is 0 Å². The maximum Gasteiger partial charge on any atom is 0.129 e. The second-order valence-corrected chi connectivity index (χ2v) is 3.69. The van der Waals surface area contributed by atoms with Gasteiger partial charge in [-0.2, -0.15) is 0 Å². The van der Waals surface area contributed by atoms with Gasteiger partial charge in [0.15, 0.2) is 0 Å². The molecule has 0 bridgehead atoms. The summed E-state index contributed by atoms with van der Waals surface area (Å²) in [4.78, 5) is 0. The van der Waals surface area contributed by atoms with Gasteiger partial charge in [0.25, 0.3) is 0 Å². The maximum atomic E-state index is 13.4. The predicted octanol–water partition coefficient (Wildman–Crippen LogP) is 2.85. The van der Waals surface area contributed by atoms with Crippen LogP contribution in [0.2, 0.25) is 0 Å². The maximum absolute atomic E-state index is 13.4. The molecule has 0 spiro atoms. The topological polar surface area (TPSA) is 12.0 Å². The van der Waals surface area contributed by atoms with Crippen molar-refractivity contribution < 1.29 is 8.78 Å². The molecule has 1 aliphatic heterocycles.